The Balaban J connectivity index is 1.34. The zero-order valence-corrected chi connectivity index (χ0v) is 27.1. The van der Waals surface area contributed by atoms with Gasteiger partial charge < -0.3 is 4.74 Å². The Bertz CT molecular complexity index is 1810. The molecule has 12 heteroatoms. The average Bonchev–Trinajstić information content (AvgIpc) is 3.06. The Kier molecular flexibility index (Phi) is 11.3. The first-order valence-electron chi connectivity index (χ1n) is 16.2. The van der Waals surface area contributed by atoms with Crippen LogP contribution in [0.4, 0.5) is 43.9 Å². The van der Waals surface area contributed by atoms with Crippen molar-refractivity contribution in [3.8, 4) is 17.0 Å². The predicted octanol–water partition coefficient (Wildman–Crippen LogP) is 12.6. The largest absolute Gasteiger partial charge is 0.432 e. The van der Waals surface area contributed by atoms with E-state index in [1.807, 2.05) is 6.07 Å². The SMILES string of the molecule is CCCCCC1CCC(c2ccc(-c3cc(F)c(/C(F)=C(\F)c4cc(F)c(C(F)(F)Oc5cc(C)c(F)c(F)c5)c(F)c4)c(F)c3)nc2)CC1. The summed E-state index contributed by atoms with van der Waals surface area (Å²) in [5.74, 6) is -14.6. The minimum absolute atomic E-state index is 0.0321. The van der Waals surface area contributed by atoms with Gasteiger partial charge in [-0.3, -0.25) is 4.98 Å². The van der Waals surface area contributed by atoms with Gasteiger partial charge in [-0.25, -0.2) is 35.1 Å². The zero-order valence-electron chi connectivity index (χ0n) is 27.1. The van der Waals surface area contributed by atoms with E-state index in [4.69, 9.17) is 0 Å². The lowest BCUT2D eigenvalue weighted by molar-refractivity contribution is -0.189. The lowest BCUT2D eigenvalue weighted by Gasteiger charge is -2.28. The van der Waals surface area contributed by atoms with Crippen LogP contribution < -0.4 is 4.74 Å². The minimum Gasteiger partial charge on any atom is -0.429 e. The van der Waals surface area contributed by atoms with Crippen molar-refractivity contribution in [3.05, 3.63) is 117 Å². The fourth-order valence-corrected chi connectivity index (χ4v) is 6.38. The van der Waals surface area contributed by atoms with Crippen LogP contribution in [0.15, 0.2) is 54.7 Å². The Labute approximate surface area is 282 Å². The smallest absolute Gasteiger partial charge is 0.429 e. The van der Waals surface area contributed by atoms with Gasteiger partial charge in [-0.2, -0.15) is 8.78 Å². The van der Waals surface area contributed by atoms with E-state index >= 15 is 17.6 Å². The molecule has 0 amide bonds. The normalized spacial score (nSPS) is 17.1. The molecule has 0 atom stereocenters. The van der Waals surface area contributed by atoms with Gasteiger partial charge in [-0.1, -0.05) is 38.7 Å². The van der Waals surface area contributed by atoms with Gasteiger partial charge in [0.1, 0.15) is 34.6 Å². The molecule has 1 aromatic heterocycles. The fraction of sp³-hybridized carbons (Fsp3) is 0.342. The van der Waals surface area contributed by atoms with Crippen LogP contribution in [0.3, 0.4) is 0 Å². The second-order valence-electron chi connectivity index (χ2n) is 12.6. The predicted molar refractivity (Wildman–Crippen MR) is 169 cm³/mol. The van der Waals surface area contributed by atoms with Gasteiger partial charge in [0.25, 0.3) is 0 Å². The Morgan fingerprint density at radius 3 is 1.98 bits per heavy atom. The number of hydrogen-bond acceptors (Lipinski definition) is 2. The highest BCUT2D eigenvalue weighted by Crippen LogP contribution is 2.41. The van der Waals surface area contributed by atoms with E-state index in [9.17, 15) is 26.3 Å². The number of halogens is 10. The summed E-state index contributed by atoms with van der Waals surface area (Å²) in [5.41, 5.74) is -4.23. The highest BCUT2D eigenvalue weighted by Gasteiger charge is 2.42. The summed E-state index contributed by atoms with van der Waals surface area (Å²) >= 11 is 0. The number of benzene rings is 3. The molecule has 1 fully saturated rings. The van der Waals surface area contributed by atoms with Crippen LogP contribution in [0.5, 0.6) is 5.75 Å². The van der Waals surface area contributed by atoms with Crippen molar-refractivity contribution in [3.63, 3.8) is 0 Å². The van der Waals surface area contributed by atoms with E-state index in [0.717, 1.165) is 50.3 Å². The molecular formula is C38H33F10NO. The topological polar surface area (TPSA) is 22.1 Å². The molecule has 1 saturated carbocycles. The van der Waals surface area contributed by atoms with E-state index < -0.39 is 80.7 Å². The fourth-order valence-electron chi connectivity index (χ4n) is 6.38. The van der Waals surface area contributed by atoms with Crippen molar-refractivity contribution < 1.29 is 48.6 Å². The number of unbranched alkanes of at least 4 members (excludes halogenated alkanes) is 2. The summed E-state index contributed by atoms with van der Waals surface area (Å²) in [7, 11) is 0. The summed E-state index contributed by atoms with van der Waals surface area (Å²) < 4.78 is 151. The van der Waals surface area contributed by atoms with Crippen molar-refractivity contribution in [2.45, 2.75) is 77.2 Å². The third-order valence-corrected chi connectivity index (χ3v) is 9.09. The molecule has 0 N–H and O–H groups in total. The number of hydrogen-bond donors (Lipinski definition) is 0. The molecule has 5 rings (SSSR count). The first-order valence-corrected chi connectivity index (χ1v) is 16.2. The molecule has 0 bridgehead atoms. The number of rotatable bonds is 11. The van der Waals surface area contributed by atoms with Gasteiger partial charge in [0.2, 0.25) is 0 Å². The van der Waals surface area contributed by atoms with Gasteiger partial charge in [0.15, 0.2) is 23.3 Å². The van der Waals surface area contributed by atoms with Crippen molar-refractivity contribution in [1.82, 2.24) is 4.98 Å². The number of alkyl halides is 2. The summed E-state index contributed by atoms with van der Waals surface area (Å²) in [5, 5.41) is 0. The molecular weight excluding hydrogens is 676 g/mol. The van der Waals surface area contributed by atoms with Crippen LogP contribution in [0.25, 0.3) is 22.9 Å². The molecule has 0 aliphatic heterocycles. The monoisotopic (exact) mass is 709 g/mol. The number of aromatic nitrogens is 1. The van der Waals surface area contributed by atoms with Crippen molar-refractivity contribution >= 4 is 11.7 Å². The first-order chi connectivity index (χ1) is 23.7. The van der Waals surface area contributed by atoms with Gasteiger partial charge in [0.05, 0.1) is 11.3 Å². The summed E-state index contributed by atoms with van der Waals surface area (Å²) in [6.45, 7) is 3.20. The lowest BCUT2D eigenvalue weighted by atomic mass is 9.77. The van der Waals surface area contributed by atoms with Gasteiger partial charge in [-0.05, 0) is 92.0 Å². The van der Waals surface area contributed by atoms with E-state index in [2.05, 4.69) is 16.6 Å². The third kappa shape index (κ3) is 8.00. The highest BCUT2D eigenvalue weighted by molar-refractivity contribution is 5.84. The van der Waals surface area contributed by atoms with E-state index in [0.29, 0.717) is 17.9 Å². The van der Waals surface area contributed by atoms with E-state index in [1.165, 1.54) is 25.7 Å². The molecule has 2 nitrogen and oxygen atoms in total. The molecule has 1 aliphatic carbocycles. The molecule has 0 saturated heterocycles. The number of aryl methyl sites for hydroxylation is 1. The van der Waals surface area contributed by atoms with E-state index in [-0.39, 0.29) is 29.5 Å². The molecule has 3 aromatic carbocycles. The van der Waals surface area contributed by atoms with Gasteiger partial charge in [0, 0.05) is 23.4 Å². The molecule has 0 radical (unpaired) electrons. The second kappa shape index (κ2) is 15.3. The second-order valence-corrected chi connectivity index (χ2v) is 12.6. The third-order valence-electron chi connectivity index (χ3n) is 9.09. The molecule has 0 spiro atoms. The van der Waals surface area contributed by atoms with Crippen molar-refractivity contribution in [2.75, 3.05) is 0 Å². The van der Waals surface area contributed by atoms with Crippen LogP contribution in [0.1, 0.15) is 92.0 Å². The standard InChI is InChI=1S/C38H33F10NO/c1-3-4-5-6-21-7-9-22(10-8-21)23-11-12-32(49-19-23)24-14-27(39)33(28(40)15-24)37(46)36(45)25-16-29(41)34(30(42)17-25)38(47,48)50-26-13-20(2)35(44)31(43)18-26/h11-19,21-22H,3-10H2,1-2H3/b37-36+. The van der Waals surface area contributed by atoms with Gasteiger partial charge in [-0.15, -0.1) is 0 Å². The molecule has 1 heterocycles. The minimum atomic E-state index is -4.84. The van der Waals surface area contributed by atoms with Crippen LogP contribution >= 0.6 is 0 Å². The quantitative estimate of drug-likeness (QED) is 0.0879. The average molecular weight is 710 g/mol. The number of ether oxygens (including phenoxy) is 1. The maximum atomic E-state index is 15.2. The zero-order chi connectivity index (χ0) is 36.3. The molecule has 50 heavy (non-hydrogen) atoms. The van der Waals surface area contributed by atoms with Crippen LogP contribution in [-0.2, 0) is 6.11 Å². The van der Waals surface area contributed by atoms with Crippen LogP contribution in [-0.4, -0.2) is 4.98 Å². The van der Waals surface area contributed by atoms with Crippen molar-refractivity contribution in [1.29, 1.82) is 0 Å². The Hall–Kier alpha value is -4.35. The summed E-state index contributed by atoms with van der Waals surface area (Å²) in [6.07, 6.45) is 5.91. The summed E-state index contributed by atoms with van der Waals surface area (Å²) in [4.78, 5) is 4.33. The van der Waals surface area contributed by atoms with Crippen LogP contribution in [0, 0.1) is 47.7 Å². The molecule has 1 aliphatic rings. The number of nitrogens with zero attached hydrogens (tertiary/aromatic N) is 1. The maximum Gasteiger partial charge on any atom is 0.432 e. The maximum absolute atomic E-state index is 15.2. The molecule has 4 aromatic rings. The van der Waals surface area contributed by atoms with Gasteiger partial charge >= 0.3 is 6.11 Å². The Morgan fingerprint density at radius 2 is 1.42 bits per heavy atom. The molecule has 0 unspecified atom stereocenters. The van der Waals surface area contributed by atoms with Crippen LogP contribution in [0.2, 0.25) is 0 Å². The highest BCUT2D eigenvalue weighted by atomic mass is 19.3. The number of pyridine rings is 1. The van der Waals surface area contributed by atoms with E-state index in [1.54, 1.807) is 12.3 Å². The van der Waals surface area contributed by atoms with Crippen molar-refractivity contribution in [2.24, 2.45) is 5.92 Å². The molecule has 266 valence electrons. The lowest BCUT2D eigenvalue weighted by Crippen LogP contribution is -2.25. The summed E-state index contributed by atoms with van der Waals surface area (Å²) in [6, 6.07) is 5.63. The Morgan fingerprint density at radius 1 is 0.780 bits per heavy atom. The first kappa shape index (κ1) is 36.9.